The fourth-order valence-corrected chi connectivity index (χ4v) is 4.48. The summed E-state index contributed by atoms with van der Waals surface area (Å²) < 4.78 is 0. The Balaban J connectivity index is 1.97. The third-order valence-corrected chi connectivity index (χ3v) is 5.81. The molecule has 1 nitrogen and oxygen atoms in total. The highest BCUT2D eigenvalue weighted by molar-refractivity contribution is 7.99. The number of hydrogen-bond donors (Lipinski definition) is 1. The molecule has 0 saturated heterocycles. The summed E-state index contributed by atoms with van der Waals surface area (Å²) in [6.45, 7) is 3.06. The first-order valence-electron chi connectivity index (χ1n) is 7.10. The van der Waals surface area contributed by atoms with E-state index < -0.39 is 0 Å². The van der Waals surface area contributed by atoms with Gasteiger partial charge < -0.3 is 5.32 Å². The van der Waals surface area contributed by atoms with Gasteiger partial charge in [-0.15, -0.1) is 11.8 Å². The Morgan fingerprint density at radius 2 is 2.00 bits per heavy atom. The van der Waals surface area contributed by atoms with E-state index in [2.05, 4.69) is 42.6 Å². The summed E-state index contributed by atoms with van der Waals surface area (Å²) in [5, 5.41) is 4.84. The van der Waals surface area contributed by atoms with Crippen LogP contribution >= 0.6 is 35.0 Å². The van der Waals surface area contributed by atoms with Crippen LogP contribution in [0.4, 0.5) is 0 Å². The lowest BCUT2D eigenvalue weighted by Gasteiger charge is -2.25. The van der Waals surface area contributed by atoms with Gasteiger partial charge in [-0.1, -0.05) is 54.4 Å². The zero-order valence-electron chi connectivity index (χ0n) is 11.8. The molecule has 2 atom stereocenters. The second kappa shape index (κ2) is 6.62. The van der Waals surface area contributed by atoms with Crippen LogP contribution in [-0.4, -0.2) is 12.3 Å². The van der Waals surface area contributed by atoms with E-state index in [-0.39, 0.29) is 6.04 Å². The Bertz CT molecular complexity index is 644. The van der Waals surface area contributed by atoms with E-state index in [0.29, 0.717) is 16.0 Å². The Morgan fingerprint density at radius 3 is 2.76 bits per heavy atom. The van der Waals surface area contributed by atoms with Gasteiger partial charge in [0.25, 0.3) is 0 Å². The van der Waals surface area contributed by atoms with Crippen molar-refractivity contribution in [2.24, 2.45) is 0 Å². The van der Waals surface area contributed by atoms with Crippen molar-refractivity contribution in [1.29, 1.82) is 0 Å². The maximum atomic E-state index is 6.20. The van der Waals surface area contributed by atoms with Crippen molar-refractivity contribution in [2.45, 2.75) is 23.8 Å². The Morgan fingerprint density at radius 1 is 1.19 bits per heavy atom. The van der Waals surface area contributed by atoms with Gasteiger partial charge >= 0.3 is 0 Å². The molecular weight excluding hydrogens is 321 g/mol. The number of halogens is 2. The van der Waals surface area contributed by atoms with Crippen LogP contribution in [0.25, 0.3) is 0 Å². The monoisotopic (exact) mass is 337 g/mol. The van der Waals surface area contributed by atoms with Gasteiger partial charge in [0.15, 0.2) is 0 Å². The molecule has 1 aliphatic rings. The minimum absolute atomic E-state index is 0.265. The smallest absolute Gasteiger partial charge is 0.0595 e. The van der Waals surface area contributed by atoms with Crippen LogP contribution in [0.2, 0.25) is 10.0 Å². The number of likely N-dealkylation sites (N-methyl/N-ethyl adjacent to an activating group) is 1. The number of thioether (sulfide) groups is 1. The minimum Gasteiger partial charge on any atom is -0.310 e. The summed E-state index contributed by atoms with van der Waals surface area (Å²) in [5.74, 6) is 1.56. The number of benzene rings is 2. The largest absolute Gasteiger partial charge is 0.310 e. The summed E-state index contributed by atoms with van der Waals surface area (Å²) in [4.78, 5) is 1.39. The summed E-state index contributed by atoms with van der Waals surface area (Å²) in [5.41, 5.74) is 2.63. The van der Waals surface area contributed by atoms with Crippen molar-refractivity contribution >= 4 is 35.0 Å². The molecule has 0 saturated carbocycles. The van der Waals surface area contributed by atoms with Crippen LogP contribution in [0.15, 0.2) is 47.4 Å². The minimum atomic E-state index is 0.265. The third kappa shape index (κ3) is 3.09. The molecule has 0 bridgehead atoms. The highest BCUT2D eigenvalue weighted by atomic mass is 35.5. The van der Waals surface area contributed by atoms with Gasteiger partial charge in [-0.05, 0) is 35.9 Å². The molecule has 4 heteroatoms. The topological polar surface area (TPSA) is 12.0 Å². The summed E-state index contributed by atoms with van der Waals surface area (Å²) in [6, 6.07) is 14.9. The van der Waals surface area contributed by atoms with Crippen LogP contribution in [-0.2, 0) is 0 Å². The quantitative estimate of drug-likeness (QED) is 0.786. The second-order valence-corrected chi connectivity index (χ2v) is 7.04. The van der Waals surface area contributed by atoms with E-state index >= 15 is 0 Å². The molecule has 0 aliphatic carbocycles. The Kier molecular flexibility index (Phi) is 4.80. The molecule has 2 unspecified atom stereocenters. The molecule has 0 fully saturated rings. The van der Waals surface area contributed by atoms with Gasteiger partial charge in [-0.2, -0.15) is 0 Å². The normalized spacial score (nSPS) is 18.5. The average Bonchev–Trinajstić information content (AvgIpc) is 2.92. The molecule has 0 spiro atoms. The van der Waals surface area contributed by atoms with Gasteiger partial charge in [-0.25, -0.2) is 0 Å². The van der Waals surface area contributed by atoms with Gasteiger partial charge in [0, 0.05) is 22.6 Å². The lowest BCUT2D eigenvalue weighted by atomic mass is 9.88. The molecule has 110 valence electrons. The zero-order chi connectivity index (χ0) is 14.8. The van der Waals surface area contributed by atoms with Crippen molar-refractivity contribution in [2.75, 3.05) is 12.3 Å². The van der Waals surface area contributed by atoms with Crippen molar-refractivity contribution < 1.29 is 0 Å². The Labute approximate surface area is 140 Å². The van der Waals surface area contributed by atoms with Crippen molar-refractivity contribution in [3.8, 4) is 0 Å². The number of fused-ring (bicyclic) bond motifs is 1. The molecule has 2 aromatic rings. The van der Waals surface area contributed by atoms with Crippen LogP contribution in [0.3, 0.4) is 0 Å². The predicted molar refractivity (Wildman–Crippen MR) is 92.8 cm³/mol. The van der Waals surface area contributed by atoms with Gasteiger partial charge in [0.05, 0.1) is 10.0 Å². The number of nitrogens with one attached hydrogen (secondary N) is 1. The van der Waals surface area contributed by atoms with E-state index in [1.54, 1.807) is 0 Å². The van der Waals surface area contributed by atoms with E-state index in [4.69, 9.17) is 23.2 Å². The van der Waals surface area contributed by atoms with Gasteiger partial charge in [0.2, 0.25) is 0 Å². The molecule has 0 aromatic heterocycles. The first-order valence-corrected chi connectivity index (χ1v) is 8.85. The standard InChI is InChI=1S/C17H17Cl2NS/c1-2-20-17(11-7-8-14(18)15(19)9-11)13-10-21-16-6-4-3-5-12(13)16/h3-9,13,17,20H,2,10H2,1H3. The second-order valence-electron chi connectivity index (χ2n) is 5.16. The van der Waals surface area contributed by atoms with Crippen LogP contribution < -0.4 is 5.32 Å². The average molecular weight is 338 g/mol. The first-order chi connectivity index (χ1) is 10.2. The molecule has 0 radical (unpaired) electrons. The fourth-order valence-electron chi connectivity index (χ4n) is 2.88. The van der Waals surface area contributed by atoms with Crippen LogP contribution in [0.5, 0.6) is 0 Å². The van der Waals surface area contributed by atoms with Crippen LogP contribution in [0, 0.1) is 0 Å². The lowest BCUT2D eigenvalue weighted by Crippen LogP contribution is -2.27. The molecular formula is C17H17Cl2NS. The molecule has 1 N–H and O–H groups in total. The number of hydrogen-bond acceptors (Lipinski definition) is 2. The fraction of sp³-hybridized carbons (Fsp3) is 0.294. The van der Waals surface area contributed by atoms with E-state index in [0.717, 1.165) is 12.3 Å². The SMILES string of the molecule is CCNC(c1ccc(Cl)c(Cl)c1)C1CSc2ccccc21. The van der Waals surface area contributed by atoms with Crippen molar-refractivity contribution in [3.63, 3.8) is 0 Å². The maximum absolute atomic E-state index is 6.20. The number of rotatable bonds is 4. The van der Waals surface area contributed by atoms with Crippen molar-refractivity contribution in [1.82, 2.24) is 5.32 Å². The molecule has 0 amide bonds. The summed E-state index contributed by atoms with van der Waals surface area (Å²) in [6.07, 6.45) is 0. The molecule has 1 aliphatic heterocycles. The molecule has 3 rings (SSSR count). The van der Waals surface area contributed by atoms with E-state index in [9.17, 15) is 0 Å². The van der Waals surface area contributed by atoms with Gasteiger partial charge in [-0.3, -0.25) is 0 Å². The molecule has 2 aromatic carbocycles. The maximum Gasteiger partial charge on any atom is 0.0595 e. The van der Waals surface area contributed by atoms with E-state index in [1.807, 2.05) is 23.9 Å². The van der Waals surface area contributed by atoms with Crippen LogP contribution in [0.1, 0.15) is 30.0 Å². The molecule has 21 heavy (non-hydrogen) atoms. The predicted octanol–water partition coefficient (Wildman–Crippen LogP) is 5.53. The van der Waals surface area contributed by atoms with Crippen molar-refractivity contribution in [3.05, 3.63) is 63.6 Å². The zero-order valence-corrected chi connectivity index (χ0v) is 14.1. The molecule has 1 heterocycles. The highest BCUT2D eigenvalue weighted by Crippen LogP contribution is 2.45. The summed E-state index contributed by atoms with van der Waals surface area (Å²) >= 11 is 14.2. The van der Waals surface area contributed by atoms with Gasteiger partial charge in [0.1, 0.15) is 0 Å². The summed E-state index contributed by atoms with van der Waals surface area (Å²) in [7, 11) is 0. The first kappa shape index (κ1) is 15.2. The Hall–Kier alpha value is -0.670. The highest BCUT2D eigenvalue weighted by Gasteiger charge is 2.30. The third-order valence-electron chi connectivity index (χ3n) is 3.87. The van der Waals surface area contributed by atoms with E-state index in [1.165, 1.54) is 16.0 Å². The lowest BCUT2D eigenvalue weighted by molar-refractivity contribution is 0.485.